The molecule has 0 saturated heterocycles. The average molecular weight is 389 g/mol. The van der Waals surface area contributed by atoms with Crippen molar-refractivity contribution in [1.29, 1.82) is 0 Å². The van der Waals surface area contributed by atoms with Crippen molar-refractivity contribution in [1.82, 2.24) is 9.38 Å². The van der Waals surface area contributed by atoms with Crippen LogP contribution in [0.2, 0.25) is 0 Å². The normalized spacial score (nSPS) is 17.8. The predicted octanol–water partition coefficient (Wildman–Crippen LogP) is 5.45. The zero-order valence-corrected chi connectivity index (χ0v) is 16.6. The van der Waals surface area contributed by atoms with Crippen LogP contribution in [0.5, 0.6) is 5.75 Å². The number of fused-ring (bicyclic) bond motifs is 1. The zero-order chi connectivity index (χ0) is 19.6. The van der Waals surface area contributed by atoms with Gasteiger partial charge in [-0.15, -0.1) is 0 Å². The molecule has 2 saturated carbocycles. The number of carbonyl (C=O) groups excluding carboxylic acids is 1. The first-order valence-corrected chi connectivity index (χ1v) is 10.8. The molecular weight excluding hydrogens is 362 g/mol. The lowest BCUT2D eigenvalue weighted by atomic mass is 9.86. The Morgan fingerprint density at radius 3 is 2.55 bits per heavy atom. The van der Waals surface area contributed by atoms with Gasteiger partial charge in [-0.2, -0.15) is 0 Å². The summed E-state index contributed by atoms with van der Waals surface area (Å²) in [6, 6.07) is 14.2. The lowest BCUT2D eigenvalue weighted by molar-refractivity contribution is -0.141. The maximum absolute atomic E-state index is 12.5. The Labute approximate surface area is 171 Å². The number of hydrogen-bond donors (Lipinski definition) is 1. The van der Waals surface area contributed by atoms with Gasteiger partial charge in [0.25, 0.3) is 0 Å². The van der Waals surface area contributed by atoms with Crippen LogP contribution < -0.4 is 10.1 Å². The van der Waals surface area contributed by atoms with Crippen LogP contribution in [0.15, 0.2) is 48.7 Å². The maximum Gasteiger partial charge on any atom is 0.314 e. The summed E-state index contributed by atoms with van der Waals surface area (Å²) in [6.07, 6.45) is 11.2. The monoisotopic (exact) mass is 389 g/mol. The topological polar surface area (TPSA) is 55.6 Å². The molecule has 2 aliphatic carbocycles. The number of benzene rings is 1. The summed E-state index contributed by atoms with van der Waals surface area (Å²) in [5.74, 6) is 1.51. The first-order valence-electron chi connectivity index (χ1n) is 10.8. The number of pyridine rings is 1. The van der Waals surface area contributed by atoms with Gasteiger partial charge in [-0.25, -0.2) is 4.98 Å². The molecule has 29 heavy (non-hydrogen) atoms. The summed E-state index contributed by atoms with van der Waals surface area (Å²) in [5.41, 5.74) is 2.60. The molecule has 1 N–H and O–H groups in total. The Bertz CT molecular complexity index is 1020. The Hall–Kier alpha value is -2.82. The third-order valence-electron chi connectivity index (χ3n) is 6.27. The maximum atomic E-state index is 12.5. The summed E-state index contributed by atoms with van der Waals surface area (Å²) < 4.78 is 7.93. The number of nitrogens with one attached hydrogen (secondary N) is 1. The molecule has 5 heteroatoms. The summed E-state index contributed by atoms with van der Waals surface area (Å²) in [5, 5.41) is 3.76. The van der Waals surface area contributed by atoms with Crippen molar-refractivity contribution >= 4 is 17.4 Å². The number of nitrogens with zero attached hydrogens (tertiary/aromatic N) is 2. The van der Waals surface area contributed by atoms with Crippen LogP contribution in [-0.4, -0.2) is 21.4 Å². The van der Waals surface area contributed by atoms with Crippen LogP contribution in [0.1, 0.15) is 51.4 Å². The predicted molar refractivity (Wildman–Crippen MR) is 114 cm³/mol. The van der Waals surface area contributed by atoms with Crippen molar-refractivity contribution in [2.75, 3.05) is 5.32 Å². The Kier molecular flexibility index (Phi) is 4.96. The van der Waals surface area contributed by atoms with E-state index < -0.39 is 0 Å². The molecule has 2 fully saturated rings. The first-order chi connectivity index (χ1) is 14.3. The fraction of sp³-hybridized carbons (Fsp3) is 0.417. The van der Waals surface area contributed by atoms with E-state index in [2.05, 4.69) is 9.72 Å². The highest BCUT2D eigenvalue weighted by Crippen LogP contribution is 2.37. The molecule has 150 valence electrons. The Balaban J connectivity index is 1.54. The van der Waals surface area contributed by atoms with Crippen LogP contribution in [-0.2, 0) is 4.79 Å². The molecule has 1 aromatic carbocycles. The number of ether oxygens (including phenoxy) is 1. The molecule has 2 aromatic heterocycles. The van der Waals surface area contributed by atoms with Crippen molar-refractivity contribution in [2.45, 2.75) is 57.4 Å². The number of aromatic nitrogens is 2. The highest BCUT2D eigenvalue weighted by molar-refractivity contribution is 5.84. The van der Waals surface area contributed by atoms with Gasteiger partial charge >= 0.3 is 5.97 Å². The molecule has 0 bridgehead atoms. The van der Waals surface area contributed by atoms with E-state index in [1.807, 2.05) is 48.7 Å². The average Bonchev–Trinajstić information content (AvgIpc) is 3.06. The lowest BCUT2D eigenvalue weighted by Crippen LogP contribution is -2.26. The van der Waals surface area contributed by atoms with Crippen LogP contribution in [0, 0.1) is 5.92 Å². The van der Waals surface area contributed by atoms with Gasteiger partial charge in [0.2, 0.25) is 0 Å². The van der Waals surface area contributed by atoms with Gasteiger partial charge in [0.05, 0.1) is 5.92 Å². The number of anilines is 1. The molecule has 2 aliphatic rings. The van der Waals surface area contributed by atoms with E-state index in [0.29, 0.717) is 11.8 Å². The molecule has 2 heterocycles. The van der Waals surface area contributed by atoms with Crippen molar-refractivity contribution in [3.8, 4) is 17.0 Å². The molecule has 0 amide bonds. The number of rotatable bonds is 5. The van der Waals surface area contributed by atoms with Crippen molar-refractivity contribution in [3.63, 3.8) is 0 Å². The third kappa shape index (κ3) is 3.61. The smallest absolute Gasteiger partial charge is 0.314 e. The quantitative estimate of drug-likeness (QED) is 0.466. The largest absolute Gasteiger partial charge is 0.426 e. The van der Waals surface area contributed by atoms with Gasteiger partial charge in [-0.05, 0) is 49.9 Å². The Morgan fingerprint density at radius 2 is 1.76 bits per heavy atom. The lowest BCUT2D eigenvalue weighted by Gasteiger charge is -2.25. The van der Waals surface area contributed by atoms with E-state index in [9.17, 15) is 4.79 Å². The van der Waals surface area contributed by atoms with Crippen molar-refractivity contribution in [3.05, 3.63) is 48.7 Å². The fourth-order valence-corrected chi connectivity index (χ4v) is 4.35. The minimum absolute atomic E-state index is 0.0453. The van der Waals surface area contributed by atoms with E-state index >= 15 is 0 Å². The molecule has 0 unspecified atom stereocenters. The van der Waals surface area contributed by atoms with Gasteiger partial charge in [-0.1, -0.05) is 43.9 Å². The minimum Gasteiger partial charge on any atom is -0.426 e. The van der Waals surface area contributed by atoms with Crippen LogP contribution in [0.4, 0.5) is 5.82 Å². The van der Waals surface area contributed by atoms with E-state index in [0.717, 1.165) is 42.0 Å². The van der Waals surface area contributed by atoms with Crippen molar-refractivity contribution < 1.29 is 9.53 Å². The van der Waals surface area contributed by atoms with Gasteiger partial charge in [-0.3, -0.25) is 9.20 Å². The zero-order valence-electron chi connectivity index (χ0n) is 16.6. The SMILES string of the molecule is O=C(Oc1ccccc1-c1nc2ccccn2c1NC1CCCCC1)C1CCC1. The molecule has 0 radical (unpaired) electrons. The van der Waals surface area contributed by atoms with Gasteiger partial charge in [0.15, 0.2) is 0 Å². The third-order valence-corrected chi connectivity index (χ3v) is 6.27. The fourth-order valence-electron chi connectivity index (χ4n) is 4.35. The highest BCUT2D eigenvalue weighted by Gasteiger charge is 2.28. The van der Waals surface area contributed by atoms with E-state index in [1.54, 1.807) is 0 Å². The second-order valence-electron chi connectivity index (χ2n) is 8.26. The molecule has 0 spiro atoms. The molecule has 3 aromatic rings. The van der Waals surface area contributed by atoms with Gasteiger partial charge in [0.1, 0.15) is 22.9 Å². The van der Waals surface area contributed by atoms with E-state index in [1.165, 1.54) is 32.1 Å². The number of imidazole rings is 1. The molecular formula is C24H27N3O2. The minimum atomic E-state index is -0.116. The summed E-state index contributed by atoms with van der Waals surface area (Å²) >= 11 is 0. The number of para-hydroxylation sites is 1. The summed E-state index contributed by atoms with van der Waals surface area (Å²) in [6.45, 7) is 0. The van der Waals surface area contributed by atoms with Gasteiger partial charge in [0, 0.05) is 17.8 Å². The van der Waals surface area contributed by atoms with Gasteiger partial charge < -0.3 is 10.1 Å². The summed E-state index contributed by atoms with van der Waals surface area (Å²) in [4.78, 5) is 17.4. The Morgan fingerprint density at radius 1 is 0.966 bits per heavy atom. The van der Waals surface area contributed by atoms with E-state index in [4.69, 9.17) is 9.72 Å². The first kappa shape index (κ1) is 18.2. The standard InChI is InChI=1S/C24H27N3O2/c28-24(17-9-8-10-17)29-20-14-5-4-13-19(20)22-23(25-18-11-2-1-3-12-18)27-16-7-6-15-21(27)26-22/h4-7,13-18,25H,1-3,8-12H2. The second kappa shape index (κ2) is 7.90. The number of esters is 1. The summed E-state index contributed by atoms with van der Waals surface area (Å²) in [7, 11) is 0. The van der Waals surface area contributed by atoms with E-state index in [-0.39, 0.29) is 11.9 Å². The van der Waals surface area contributed by atoms with Crippen LogP contribution >= 0.6 is 0 Å². The molecule has 5 nitrogen and oxygen atoms in total. The molecule has 0 atom stereocenters. The van der Waals surface area contributed by atoms with Crippen molar-refractivity contribution in [2.24, 2.45) is 5.92 Å². The number of carbonyl (C=O) groups is 1. The highest BCUT2D eigenvalue weighted by atomic mass is 16.5. The van der Waals surface area contributed by atoms with Crippen LogP contribution in [0.3, 0.4) is 0 Å². The molecule has 0 aliphatic heterocycles. The number of hydrogen-bond acceptors (Lipinski definition) is 4. The van der Waals surface area contributed by atoms with Crippen LogP contribution in [0.25, 0.3) is 16.9 Å². The second-order valence-corrected chi connectivity index (χ2v) is 8.26. The molecule has 5 rings (SSSR count).